The minimum Gasteiger partial charge on any atom is -0.497 e. The van der Waals surface area contributed by atoms with Crippen LogP contribution >= 0.6 is 23.8 Å². The van der Waals surface area contributed by atoms with Gasteiger partial charge in [-0.15, -0.1) is 0 Å². The second-order valence-electron chi connectivity index (χ2n) is 5.05. The summed E-state index contributed by atoms with van der Waals surface area (Å²) in [4.78, 5) is 23.0. The topological polar surface area (TPSA) is 87.7 Å². The molecule has 2 aromatic carbocycles. The third kappa shape index (κ3) is 5.58. The van der Waals surface area contributed by atoms with E-state index in [0.29, 0.717) is 5.69 Å². The number of carboxylic acid groups (broad SMARTS) is 1. The van der Waals surface area contributed by atoms with Crippen LogP contribution in [0, 0.1) is 0 Å². The third-order valence-corrected chi connectivity index (χ3v) is 3.77. The summed E-state index contributed by atoms with van der Waals surface area (Å²) in [6.07, 6.45) is 2.96. The molecular formula is C18H15ClN2O4S. The van der Waals surface area contributed by atoms with Gasteiger partial charge < -0.3 is 15.2 Å². The number of aromatic carboxylic acids is 1. The van der Waals surface area contributed by atoms with E-state index in [4.69, 9.17) is 33.7 Å². The lowest BCUT2D eigenvalue weighted by molar-refractivity contribution is -0.115. The van der Waals surface area contributed by atoms with Crippen LogP contribution in [0.1, 0.15) is 15.9 Å². The van der Waals surface area contributed by atoms with Crippen LogP contribution < -0.4 is 15.4 Å². The molecular weight excluding hydrogens is 376 g/mol. The molecule has 2 rings (SSSR count). The lowest BCUT2D eigenvalue weighted by atomic mass is 10.2. The largest absolute Gasteiger partial charge is 0.497 e. The first-order chi connectivity index (χ1) is 12.4. The van der Waals surface area contributed by atoms with Gasteiger partial charge in [0.05, 0.1) is 17.7 Å². The van der Waals surface area contributed by atoms with Gasteiger partial charge in [-0.25, -0.2) is 4.79 Å². The number of carbonyl (C=O) groups is 2. The van der Waals surface area contributed by atoms with Crippen LogP contribution in [0.15, 0.2) is 48.5 Å². The van der Waals surface area contributed by atoms with Gasteiger partial charge >= 0.3 is 5.97 Å². The minimum absolute atomic E-state index is 0.0352. The van der Waals surface area contributed by atoms with Gasteiger partial charge in [0.1, 0.15) is 5.75 Å². The Labute approximate surface area is 160 Å². The molecule has 0 radical (unpaired) electrons. The van der Waals surface area contributed by atoms with Gasteiger partial charge in [0, 0.05) is 11.8 Å². The Bertz CT molecular complexity index is 866. The molecule has 0 spiro atoms. The molecule has 0 atom stereocenters. The fourth-order valence-corrected chi connectivity index (χ4v) is 2.39. The maximum atomic E-state index is 11.9. The van der Waals surface area contributed by atoms with Gasteiger partial charge in [0.15, 0.2) is 5.11 Å². The third-order valence-electron chi connectivity index (χ3n) is 3.23. The molecule has 0 fully saturated rings. The SMILES string of the molecule is COc1ccc(/C=C/C(=O)NC(=S)Nc2ccc(Cl)c(C(=O)O)c2)cc1. The number of hydrogen-bond acceptors (Lipinski definition) is 4. The molecule has 2 aromatic rings. The molecule has 3 N–H and O–H groups in total. The summed E-state index contributed by atoms with van der Waals surface area (Å²) in [5.74, 6) is -0.859. The van der Waals surface area contributed by atoms with Crippen molar-refractivity contribution in [2.24, 2.45) is 0 Å². The maximum absolute atomic E-state index is 11.9. The number of anilines is 1. The first-order valence-electron chi connectivity index (χ1n) is 7.36. The molecule has 1 amide bonds. The van der Waals surface area contributed by atoms with Gasteiger partial charge in [-0.1, -0.05) is 23.7 Å². The number of halogens is 1. The van der Waals surface area contributed by atoms with Crippen LogP contribution in [-0.2, 0) is 4.79 Å². The zero-order valence-corrected chi connectivity index (χ0v) is 15.2. The van der Waals surface area contributed by atoms with Crippen LogP contribution in [0.3, 0.4) is 0 Å². The van der Waals surface area contributed by atoms with Crippen LogP contribution in [0.5, 0.6) is 5.75 Å². The second kappa shape index (κ2) is 8.98. The van der Waals surface area contributed by atoms with Crippen molar-refractivity contribution in [2.75, 3.05) is 12.4 Å². The van der Waals surface area contributed by atoms with Crippen molar-refractivity contribution in [3.8, 4) is 5.75 Å². The molecule has 8 heteroatoms. The van der Waals surface area contributed by atoms with E-state index in [2.05, 4.69) is 10.6 Å². The normalized spacial score (nSPS) is 10.4. The zero-order valence-electron chi connectivity index (χ0n) is 13.7. The summed E-state index contributed by atoms with van der Waals surface area (Å²) in [7, 11) is 1.58. The summed E-state index contributed by atoms with van der Waals surface area (Å²) in [6.45, 7) is 0. The highest BCUT2D eigenvalue weighted by Crippen LogP contribution is 2.20. The van der Waals surface area contributed by atoms with E-state index in [1.165, 1.54) is 18.2 Å². The van der Waals surface area contributed by atoms with Crippen molar-refractivity contribution in [1.82, 2.24) is 5.32 Å². The fourth-order valence-electron chi connectivity index (χ4n) is 1.97. The number of nitrogens with one attached hydrogen (secondary N) is 2. The van der Waals surface area contributed by atoms with Crippen molar-refractivity contribution in [2.45, 2.75) is 0 Å². The number of carboxylic acids is 1. The first-order valence-corrected chi connectivity index (χ1v) is 8.14. The smallest absolute Gasteiger partial charge is 0.337 e. The molecule has 134 valence electrons. The molecule has 0 aliphatic rings. The quantitative estimate of drug-likeness (QED) is 0.534. The number of thiocarbonyl (C=S) groups is 1. The predicted molar refractivity (Wildman–Crippen MR) is 105 cm³/mol. The Morgan fingerprint density at radius 3 is 2.50 bits per heavy atom. The number of amides is 1. The van der Waals surface area contributed by atoms with Crippen molar-refractivity contribution in [3.63, 3.8) is 0 Å². The summed E-state index contributed by atoms with van der Waals surface area (Å²) in [5.41, 5.74) is 1.16. The van der Waals surface area contributed by atoms with Crippen LogP contribution in [-0.4, -0.2) is 29.2 Å². The number of carbonyl (C=O) groups excluding carboxylic acids is 1. The molecule has 0 aliphatic heterocycles. The van der Waals surface area contributed by atoms with Gasteiger partial charge in [-0.05, 0) is 54.2 Å². The van der Waals surface area contributed by atoms with E-state index in [1.807, 2.05) is 0 Å². The highest BCUT2D eigenvalue weighted by Gasteiger charge is 2.10. The van der Waals surface area contributed by atoms with E-state index < -0.39 is 11.9 Å². The lowest BCUT2D eigenvalue weighted by Gasteiger charge is -2.09. The first kappa shape index (κ1) is 19.4. The highest BCUT2D eigenvalue weighted by molar-refractivity contribution is 7.80. The Balaban J connectivity index is 1.94. The molecule has 0 bridgehead atoms. The van der Waals surface area contributed by atoms with Crippen LogP contribution in [0.4, 0.5) is 5.69 Å². The van der Waals surface area contributed by atoms with Gasteiger partial charge in [0.2, 0.25) is 5.91 Å². The van der Waals surface area contributed by atoms with Crippen molar-refractivity contribution < 1.29 is 19.4 Å². The standard InChI is InChI=1S/C18H15ClN2O4S/c1-25-13-6-2-11(3-7-13)4-9-16(22)21-18(26)20-12-5-8-15(19)14(10-12)17(23)24/h2-10H,1H3,(H,23,24)(H2,20,21,22,26)/b9-4+. The number of benzene rings is 2. The Morgan fingerprint density at radius 1 is 1.19 bits per heavy atom. The lowest BCUT2D eigenvalue weighted by Crippen LogP contribution is -2.32. The highest BCUT2D eigenvalue weighted by atomic mass is 35.5. The zero-order chi connectivity index (χ0) is 19.1. The number of ether oxygens (including phenoxy) is 1. The van der Waals surface area contributed by atoms with E-state index in [1.54, 1.807) is 43.5 Å². The van der Waals surface area contributed by atoms with E-state index in [9.17, 15) is 9.59 Å². The Kier molecular flexibility index (Phi) is 6.71. The average Bonchev–Trinajstić information content (AvgIpc) is 2.61. The summed E-state index contributed by atoms with van der Waals surface area (Å²) >= 11 is 10.8. The maximum Gasteiger partial charge on any atom is 0.337 e. The molecule has 26 heavy (non-hydrogen) atoms. The fraction of sp³-hybridized carbons (Fsp3) is 0.0556. The molecule has 6 nitrogen and oxygen atoms in total. The van der Waals surface area contributed by atoms with Crippen LogP contribution in [0.2, 0.25) is 5.02 Å². The predicted octanol–water partition coefficient (Wildman–Crippen LogP) is 3.57. The average molecular weight is 391 g/mol. The Hall–Kier alpha value is -2.90. The van der Waals surface area contributed by atoms with Gasteiger partial charge in [-0.2, -0.15) is 0 Å². The number of rotatable bonds is 5. The van der Waals surface area contributed by atoms with Gasteiger partial charge in [0.25, 0.3) is 0 Å². The van der Waals surface area contributed by atoms with Crippen molar-refractivity contribution in [3.05, 3.63) is 64.7 Å². The summed E-state index contributed by atoms with van der Waals surface area (Å²) < 4.78 is 5.06. The number of hydrogen-bond donors (Lipinski definition) is 3. The molecule has 0 aromatic heterocycles. The van der Waals surface area contributed by atoms with Crippen molar-refractivity contribution in [1.29, 1.82) is 0 Å². The molecule has 0 aliphatic carbocycles. The van der Waals surface area contributed by atoms with E-state index in [0.717, 1.165) is 11.3 Å². The molecule has 0 unspecified atom stereocenters. The summed E-state index contributed by atoms with van der Waals surface area (Å²) in [5, 5.41) is 14.4. The van der Waals surface area contributed by atoms with Crippen molar-refractivity contribution >= 4 is 52.6 Å². The minimum atomic E-state index is -1.16. The van der Waals surface area contributed by atoms with Crippen LogP contribution in [0.25, 0.3) is 6.08 Å². The monoisotopic (exact) mass is 390 g/mol. The van der Waals surface area contributed by atoms with Gasteiger partial charge in [-0.3, -0.25) is 10.1 Å². The van der Waals surface area contributed by atoms with E-state index in [-0.39, 0.29) is 15.7 Å². The molecule has 0 saturated heterocycles. The summed E-state index contributed by atoms with van der Waals surface area (Å²) in [6, 6.07) is 11.5. The Morgan fingerprint density at radius 2 is 1.88 bits per heavy atom. The molecule has 0 heterocycles. The second-order valence-corrected chi connectivity index (χ2v) is 5.87. The number of methoxy groups -OCH3 is 1. The van der Waals surface area contributed by atoms with E-state index >= 15 is 0 Å². The molecule has 0 saturated carbocycles.